The monoisotopic (exact) mass is 309 g/mol. The molecule has 1 atom stereocenters. The number of nitrogens with zero attached hydrogens (tertiary/aromatic N) is 2. The van der Waals surface area contributed by atoms with Crippen molar-refractivity contribution >= 4 is 17.7 Å². The Hall–Kier alpha value is -2.51. The lowest BCUT2D eigenvalue weighted by molar-refractivity contribution is -0.153. The van der Waals surface area contributed by atoms with Gasteiger partial charge >= 0.3 is 5.97 Å². The van der Waals surface area contributed by atoms with E-state index < -0.39 is 18.0 Å². The van der Waals surface area contributed by atoms with E-state index in [1.165, 1.54) is 13.2 Å². The molecular formula is C14H19N3O5. The highest BCUT2D eigenvalue weighted by Gasteiger charge is 2.24. The number of aromatic nitrogens is 2. The molecule has 1 amide bonds. The van der Waals surface area contributed by atoms with Gasteiger partial charge in [-0.25, -0.2) is 9.48 Å². The van der Waals surface area contributed by atoms with Crippen LogP contribution in [0.1, 0.15) is 26.8 Å². The molecule has 1 aliphatic rings. The average Bonchev–Trinajstić information content (AvgIpc) is 2.96. The molecule has 120 valence electrons. The summed E-state index contributed by atoms with van der Waals surface area (Å²) in [5, 5.41) is 6.78. The third-order valence-electron chi connectivity index (χ3n) is 2.91. The minimum absolute atomic E-state index is 0.0434. The molecule has 2 rings (SSSR count). The molecule has 1 aromatic rings. The molecule has 0 aromatic carbocycles. The van der Waals surface area contributed by atoms with Gasteiger partial charge in [-0.3, -0.25) is 4.79 Å². The van der Waals surface area contributed by atoms with Crippen LogP contribution in [0.3, 0.4) is 0 Å². The van der Waals surface area contributed by atoms with Gasteiger partial charge in [0.25, 0.3) is 5.91 Å². The van der Waals surface area contributed by atoms with Gasteiger partial charge in [0, 0.05) is 12.1 Å². The second-order valence-corrected chi connectivity index (χ2v) is 4.99. The van der Waals surface area contributed by atoms with Gasteiger partial charge < -0.3 is 19.5 Å². The van der Waals surface area contributed by atoms with Crippen LogP contribution < -0.4 is 5.32 Å². The second kappa shape index (κ2) is 6.97. The Morgan fingerprint density at radius 2 is 2.14 bits per heavy atom. The third kappa shape index (κ3) is 3.78. The van der Waals surface area contributed by atoms with Crippen molar-refractivity contribution in [1.29, 1.82) is 0 Å². The Balaban J connectivity index is 1.93. The number of ether oxygens (including phenoxy) is 3. The molecule has 0 bridgehead atoms. The maximum Gasteiger partial charge on any atom is 0.377 e. The van der Waals surface area contributed by atoms with Gasteiger partial charge in [0.05, 0.1) is 6.20 Å². The lowest BCUT2D eigenvalue weighted by Gasteiger charge is -2.18. The first-order valence-corrected chi connectivity index (χ1v) is 6.99. The van der Waals surface area contributed by atoms with Gasteiger partial charge in [0.2, 0.25) is 5.76 Å². The quantitative estimate of drug-likeness (QED) is 0.822. The largest absolute Gasteiger partial charge is 0.493 e. The average molecular weight is 309 g/mol. The van der Waals surface area contributed by atoms with Crippen molar-refractivity contribution in [2.45, 2.75) is 32.9 Å². The zero-order valence-corrected chi connectivity index (χ0v) is 12.7. The molecule has 0 unspecified atom stereocenters. The molecule has 2 heterocycles. The summed E-state index contributed by atoms with van der Waals surface area (Å²) in [4.78, 5) is 23.9. The van der Waals surface area contributed by atoms with Gasteiger partial charge in [0.1, 0.15) is 25.3 Å². The normalized spacial score (nSPS) is 15.4. The number of anilines is 1. The topological polar surface area (TPSA) is 91.7 Å². The van der Waals surface area contributed by atoms with E-state index >= 15 is 0 Å². The van der Waals surface area contributed by atoms with Gasteiger partial charge in [-0.05, 0) is 20.8 Å². The molecule has 1 aliphatic heterocycles. The number of nitrogens with one attached hydrogen (secondary N) is 1. The Morgan fingerprint density at radius 3 is 2.77 bits per heavy atom. The maximum atomic E-state index is 12.1. The van der Waals surface area contributed by atoms with E-state index in [-0.39, 0.29) is 18.4 Å². The Morgan fingerprint density at radius 1 is 1.36 bits per heavy atom. The van der Waals surface area contributed by atoms with Crippen LogP contribution in [-0.4, -0.2) is 41.0 Å². The van der Waals surface area contributed by atoms with Gasteiger partial charge in [-0.15, -0.1) is 0 Å². The molecule has 0 aliphatic carbocycles. The lowest BCUT2D eigenvalue weighted by atomic mass is 10.3. The Labute approximate surface area is 128 Å². The van der Waals surface area contributed by atoms with E-state index in [0.29, 0.717) is 12.4 Å². The molecular weight excluding hydrogens is 290 g/mol. The zero-order chi connectivity index (χ0) is 16.1. The fraction of sp³-hybridized carbons (Fsp3) is 0.500. The molecule has 0 saturated carbocycles. The molecule has 1 aromatic heterocycles. The SMILES string of the molecule is CC(C)n1nccc1NC(=O)[C@@H](C)OC(=O)C1=COCCO1. The van der Waals surface area contributed by atoms with Crippen LogP contribution >= 0.6 is 0 Å². The van der Waals surface area contributed by atoms with Crippen molar-refractivity contribution in [3.05, 3.63) is 24.3 Å². The van der Waals surface area contributed by atoms with Crippen molar-refractivity contribution in [2.24, 2.45) is 0 Å². The van der Waals surface area contributed by atoms with Gasteiger partial charge in [0.15, 0.2) is 6.10 Å². The summed E-state index contributed by atoms with van der Waals surface area (Å²) >= 11 is 0. The van der Waals surface area contributed by atoms with Crippen LogP contribution in [0.2, 0.25) is 0 Å². The Bertz CT molecular complexity index is 579. The number of hydrogen-bond acceptors (Lipinski definition) is 6. The van der Waals surface area contributed by atoms with E-state index in [1.807, 2.05) is 13.8 Å². The third-order valence-corrected chi connectivity index (χ3v) is 2.91. The summed E-state index contributed by atoms with van der Waals surface area (Å²) in [7, 11) is 0. The van der Waals surface area contributed by atoms with E-state index in [2.05, 4.69) is 10.4 Å². The highest BCUT2D eigenvalue weighted by Crippen LogP contribution is 2.14. The van der Waals surface area contributed by atoms with Crippen molar-refractivity contribution in [2.75, 3.05) is 18.5 Å². The summed E-state index contributed by atoms with van der Waals surface area (Å²) in [6, 6.07) is 1.77. The first-order chi connectivity index (χ1) is 10.5. The fourth-order valence-electron chi connectivity index (χ4n) is 1.80. The minimum atomic E-state index is -0.977. The minimum Gasteiger partial charge on any atom is -0.493 e. The molecule has 0 spiro atoms. The molecule has 0 radical (unpaired) electrons. The van der Waals surface area contributed by atoms with E-state index in [0.717, 1.165) is 0 Å². The predicted molar refractivity (Wildman–Crippen MR) is 76.8 cm³/mol. The number of rotatable bonds is 5. The van der Waals surface area contributed by atoms with Crippen molar-refractivity contribution in [1.82, 2.24) is 9.78 Å². The van der Waals surface area contributed by atoms with Crippen LogP contribution in [0, 0.1) is 0 Å². The summed E-state index contributed by atoms with van der Waals surface area (Å²) in [5.74, 6) is -0.690. The first-order valence-electron chi connectivity index (χ1n) is 6.99. The van der Waals surface area contributed by atoms with Crippen LogP contribution in [-0.2, 0) is 23.8 Å². The van der Waals surface area contributed by atoms with E-state index in [4.69, 9.17) is 14.2 Å². The number of carbonyl (C=O) groups is 2. The number of esters is 1. The predicted octanol–water partition coefficient (Wildman–Crippen LogP) is 1.22. The van der Waals surface area contributed by atoms with Gasteiger partial charge in [-0.1, -0.05) is 0 Å². The smallest absolute Gasteiger partial charge is 0.377 e. The molecule has 0 fully saturated rings. The molecule has 8 nitrogen and oxygen atoms in total. The zero-order valence-electron chi connectivity index (χ0n) is 12.7. The number of amides is 1. The number of hydrogen-bond donors (Lipinski definition) is 1. The van der Waals surface area contributed by atoms with Crippen molar-refractivity contribution < 1.29 is 23.8 Å². The lowest BCUT2D eigenvalue weighted by Crippen LogP contribution is -2.32. The van der Waals surface area contributed by atoms with Crippen molar-refractivity contribution in [3.8, 4) is 0 Å². The highest BCUT2D eigenvalue weighted by molar-refractivity contribution is 5.96. The van der Waals surface area contributed by atoms with E-state index in [1.54, 1.807) is 16.9 Å². The van der Waals surface area contributed by atoms with Crippen LogP contribution in [0.5, 0.6) is 0 Å². The Kier molecular flexibility index (Phi) is 5.03. The van der Waals surface area contributed by atoms with Crippen molar-refractivity contribution in [3.63, 3.8) is 0 Å². The maximum absolute atomic E-state index is 12.1. The van der Waals surface area contributed by atoms with Crippen LogP contribution in [0.25, 0.3) is 0 Å². The standard InChI is InChI=1S/C14H19N3O5/c1-9(2)17-12(4-5-15-17)16-13(18)10(3)22-14(19)11-8-20-6-7-21-11/h4-5,8-10H,6-7H2,1-3H3,(H,16,18)/t10-/m1/s1. The van der Waals surface area contributed by atoms with Crippen LogP contribution in [0.15, 0.2) is 24.3 Å². The summed E-state index contributed by atoms with van der Waals surface area (Å²) in [5.41, 5.74) is 0. The fourth-order valence-corrected chi connectivity index (χ4v) is 1.80. The molecule has 1 N–H and O–H groups in total. The molecule has 0 saturated heterocycles. The number of carbonyl (C=O) groups excluding carboxylic acids is 2. The highest BCUT2D eigenvalue weighted by atomic mass is 16.6. The van der Waals surface area contributed by atoms with Gasteiger partial charge in [-0.2, -0.15) is 5.10 Å². The van der Waals surface area contributed by atoms with E-state index in [9.17, 15) is 9.59 Å². The second-order valence-electron chi connectivity index (χ2n) is 4.99. The molecule has 8 heteroatoms. The molecule has 22 heavy (non-hydrogen) atoms. The van der Waals surface area contributed by atoms with Crippen LogP contribution in [0.4, 0.5) is 5.82 Å². The first kappa shape index (κ1) is 15.9. The summed E-state index contributed by atoms with van der Waals surface area (Å²) in [6.45, 7) is 6.02. The summed E-state index contributed by atoms with van der Waals surface area (Å²) in [6.07, 6.45) is 1.80. The summed E-state index contributed by atoms with van der Waals surface area (Å²) < 4.78 is 16.8.